The highest BCUT2D eigenvalue weighted by Gasteiger charge is 2.78. The van der Waals surface area contributed by atoms with E-state index in [1.54, 1.807) is 33.9 Å². The molecule has 3 rings (SSSR count). The van der Waals surface area contributed by atoms with Gasteiger partial charge in [-0.3, -0.25) is 14.4 Å². The van der Waals surface area contributed by atoms with Gasteiger partial charge in [0.25, 0.3) is 0 Å². The maximum Gasteiger partial charge on any atom is 0.248 e. The second-order valence-electron chi connectivity index (χ2n) is 9.82. The summed E-state index contributed by atoms with van der Waals surface area (Å²) in [4.78, 5) is 46.3. The Kier molecular flexibility index (Phi) is 7.39. The van der Waals surface area contributed by atoms with Gasteiger partial charge >= 0.3 is 0 Å². The summed E-state index contributed by atoms with van der Waals surface area (Å²) in [5, 5.41) is 9.46. The average molecular weight is 462 g/mol. The molecule has 1 N–H and O–H groups in total. The van der Waals surface area contributed by atoms with Gasteiger partial charge in [-0.25, -0.2) is 0 Å². The van der Waals surface area contributed by atoms with Gasteiger partial charge in [0, 0.05) is 39.3 Å². The Labute approximate surface area is 197 Å². The number of likely N-dealkylation sites (tertiary alicyclic amines) is 1. The molecular weight excluding hydrogens is 422 g/mol. The Morgan fingerprint density at radius 2 is 1.91 bits per heavy atom. The minimum Gasteiger partial charge on any atom is -0.396 e. The number of hydrogen-bond acceptors (Lipinski definition) is 5. The van der Waals surface area contributed by atoms with Gasteiger partial charge in [0.2, 0.25) is 17.7 Å². The van der Waals surface area contributed by atoms with Crippen molar-refractivity contribution < 1.29 is 24.2 Å². The molecule has 3 fully saturated rings. The molecule has 0 saturated carbocycles. The molecule has 8 nitrogen and oxygen atoms in total. The van der Waals surface area contributed by atoms with Gasteiger partial charge in [0.05, 0.1) is 17.4 Å². The van der Waals surface area contributed by atoms with E-state index in [-0.39, 0.29) is 36.9 Å². The van der Waals surface area contributed by atoms with E-state index in [0.29, 0.717) is 38.8 Å². The Bertz CT molecular complexity index is 814. The quantitative estimate of drug-likeness (QED) is 0.472. The van der Waals surface area contributed by atoms with E-state index < -0.39 is 29.1 Å². The van der Waals surface area contributed by atoms with Crippen LogP contribution in [0.15, 0.2) is 25.3 Å². The molecule has 3 heterocycles. The molecule has 0 aromatic rings. The van der Waals surface area contributed by atoms with Crippen molar-refractivity contribution in [1.29, 1.82) is 0 Å². The third kappa shape index (κ3) is 3.81. The predicted molar refractivity (Wildman–Crippen MR) is 125 cm³/mol. The van der Waals surface area contributed by atoms with Crippen molar-refractivity contribution in [2.24, 2.45) is 11.8 Å². The van der Waals surface area contributed by atoms with Crippen molar-refractivity contribution in [2.45, 2.75) is 69.7 Å². The number of ether oxygens (including phenoxy) is 1. The van der Waals surface area contributed by atoms with Crippen LogP contribution >= 0.6 is 0 Å². The molecule has 5 atom stereocenters. The van der Waals surface area contributed by atoms with E-state index in [1.165, 1.54) is 0 Å². The minimum atomic E-state index is -1.04. The lowest BCUT2D eigenvalue weighted by molar-refractivity contribution is -0.155. The van der Waals surface area contributed by atoms with E-state index in [1.807, 2.05) is 20.8 Å². The number of aliphatic hydroxyl groups excluding tert-OH is 1. The fraction of sp³-hybridized carbons (Fsp3) is 0.720. The number of aliphatic hydroxyl groups is 1. The molecule has 33 heavy (non-hydrogen) atoms. The molecule has 2 unspecified atom stereocenters. The lowest BCUT2D eigenvalue weighted by atomic mass is 9.64. The maximum absolute atomic E-state index is 14.0. The third-order valence-electron chi connectivity index (χ3n) is 7.75. The zero-order chi connectivity index (χ0) is 24.6. The molecule has 3 saturated heterocycles. The summed E-state index contributed by atoms with van der Waals surface area (Å²) in [6.07, 6.45) is 5.47. The van der Waals surface area contributed by atoms with Crippen LogP contribution in [0.3, 0.4) is 0 Å². The van der Waals surface area contributed by atoms with Gasteiger partial charge in [-0.1, -0.05) is 19.1 Å². The molecule has 3 aliphatic heterocycles. The molecule has 184 valence electrons. The van der Waals surface area contributed by atoms with Gasteiger partial charge in [-0.15, -0.1) is 13.2 Å². The number of rotatable bonds is 11. The van der Waals surface area contributed by atoms with Crippen LogP contribution in [0, 0.1) is 11.8 Å². The average Bonchev–Trinajstić information content (AvgIpc) is 3.38. The first kappa shape index (κ1) is 25.4. The number of amides is 3. The molecule has 3 aliphatic rings. The molecular formula is C25H39N3O5. The van der Waals surface area contributed by atoms with Crippen molar-refractivity contribution in [3.8, 4) is 0 Å². The highest BCUT2D eigenvalue weighted by molar-refractivity contribution is 5.99. The summed E-state index contributed by atoms with van der Waals surface area (Å²) in [7, 11) is 1.71. The second-order valence-corrected chi connectivity index (χ2v) is 9.82. The predicted octanol–water partition coefficient (Wildman–Crippen LogP) is 1.59. The zero-order valence-electron chi connectivity index (χ0n) is 20.5. The SMILES string of the molecule is C=CCN(C)C(=O)[C@@H]1[C@H]2C(=O)N(CCCO)C(C(=O)N(CC=C)C(C)C)C23CC[C@@]1(CC)O3. The van der Waals surface area contributed by atoms with Crippen LogP contribution in [-0.4, -0.2) is 94.1 Å². The normalized spacial score (nSPS) is 32.2. The molecule has 0 aliphatic carbocycles. The number of likely N-dealkylation sites (N-methyl/N-ethyl adjacent to an activating group) is 1. The van der Waals surface area contributed by atoms with Gasteiger partial charge in [0.1, 0.15) is 11.6 Å². The third-order valence-corrected chi connectivity index (χ3v) is 7.75. The van der Waals surface area contributed by atoms with Gasteiger partial charge in [-0.2, -0.15) is 0 Å². The second kappa shape index (κ2) is 9.58. The van der Waals surface area contributed by atoms with Crippen LogP contribution in [0.4, 0.5) is 0 Å². The van der Waals surface area contributed by atoms with E-state index in [0.717, 1.165) is 0 Å². The number of hydrogen-bond donors (Lipinski definition) is 1. The van der Waals surface area contributed by atoms with E-state index in [9.17, 15) is 19.5 Å². The summed E-state index contributed by atoms with van der Waals surface area (Å²) in [5.41, 5.74) is -1.79. The Balaban J connectivity index is 2.11. The Morgan fingerprint density at radius 3 is 2.45 bits per heavy atom. The van der Waals surface area contributed by atoms with Gasteiger partial charge in [0.15, 0.2) is 0 Å². The highest BCUT2D eigenvalue weighted by atomic mass is 16.5. The van der Waals surface area contributed by atoms with Crippen LogP contribution in [0.5, 0.6) is 0 Å². The molecule has 0 aromatic heterocycles. The summed E-state index contributed by atoms with van der Waals surface area (Å²) < 4.78 is 6.73. The highest BCUT2D eigenvalue weighted by Crippen LogP contribution is 2.64. The largest absolute Gasteiger partial charge is 0.396 e. The maximum atomic E-state index is 14.0. The van der Waals surface area contributed by atoms with Crippen LogP contribution in [0.1, 0.15) is 46.5 Å². The summed E-state index contributed by atoms with van der Waals surface area (Å²) >= 11 is 0. The fourth-order valence-corrected chi connectivity index (χ4v) is 6.23. The number of carbonyl (C=O) groups is 3. The first-order chi connectivity index (χ1) is 15.7. The molecule has 0 aromatic carbocycles. The van der Waals surface area contributed by atoms with Crippen LogP contribution < -0.4 is 0 Å². The van der Waals surface area contributed by atoms with Crippen LogP contribution in [0.2, 0.25) is 0 Å². The zero-order valence-corrected chi connectivity index (χ0v) is 20.5. The van der Waals surface area contributed by atoms with Gasteiger partial charge < -0.3 is 24.5 Å². The van der Waals surface area contributed by atoms with Crippen molar-refractivity contribution in [1.82, 2.24) is 14.7 Å². The fourth-order valence-electron chi connectivity index (χ4n) is 6.23. The number of fused-ring (bicyclic) bond motifs is 1. The monoisotopic (exact) mass is 461 g/mol. The van der Waals surface area contributed by atoms with Crippen molar-refractivity contribution in [2.75, 3.05) is 33.3 Å². The smallest absolute Gasteiger partial charge is 0.248 e. The van der Waals surface area contributed by atoms with E-state index in [4.69, 9.17) is 4.74 Å². The topological polar surface area (TPSA) is 90.4 Å². The molecule has 3 amide bonds. The molecule has 0 radical (unpaired) electrons. The Morgan fingerprint density at radius 1 is 1.24 bits per heavy atom. The number of nitrogens with zero attached hydrogens (tertiary/aromatic N) is 3. The van der Waals surface area contributed by atoms with Crippen molar-refractivity contribution in [3.05, 3.63) is 25.3 Å². The lowest BCUT2D eigenvalue weighted by Crippen LogP contribution is -2.57. The summed E-state index contributed by atoms with van der Waals surface area (Å²) in [6, 6.07) is -0.907. The van der Waals surface area contributed by atoms with Crippen molar-refractivity contribution >= 4 is 17.7 Å². The number of carbonyl (C=O) groups excluding carboxylic acids is 3. The first-order valence-electron chi connectivity index (χ1n) is 12.0. The van der Waals surface area contributed by atoms with Gasteiger partial charge in [-0.05, 0) is 39.5 Å². The standard InChI is InChI=1S/C25H39N3O5/c1-7-13-26(6)21(30)18-19-22(31)28(15-10-16-29)20(23(32)27(14-8-2)17(4)5)25(19)12-11-24(18,9-3)33-25/h7-8,17-20,29H,1-2,9-16H2,3-6H3/t18-,19-,20?,24+,25?/m0/s1. The minimum absolute atomic E-state index is 0.0874. The molecule has 2 bridgehead atoms. The summed E-state index contributed by atoms with van der Waals surface area (Å²) in [6.45, 7) is 14.3. The molecule has 1 spiro atoms. The van der Waals surface area contributed by atoms with E-state index in [2.05, 4.69) is 13.2 Å². The molecule has 8 heteroatoms. The van der Waals surface area contributed by atoms with Crippen molar-refractivity contribution in [3.63, 3.8) is 0 Å². The van der Waals surface area contributed by atoms with E-state index >= 15 is 0 Å². The first-order valence-corrected chi connectivity index (χ1v) is 12.0. The summed E-state index contributed by atoms with van der Waals surface area (Å²) in [5.74, 6) is -1.90. The Hall–Kier alpha value is -2.19. The van der Waals surface area contributed by atoms with Crippen LogP contribution in [-0.2, 0) is 19.1 Å². The van der Waals surface area contributed by atoms with Crippen LogP contribution in [0.25, 0.3) is 0 Å². The lowest BCUT2D eigenvalue weighted by Gasteiger charge is -2.38.